The predicted octanol–water partition coefficient (Wildman–Crippen LogP) is 2.33. The number of methoxy groups -OCH3 is 1. The number of aromatic nitrogens is 2. The summed E-state index contributed by atoms with van der Waals surface area (Å²) in [4.78, 5) is 44.2. The smallest absolute Gasteiger partial charge is 0.326 e. The first-order valence-corrected chi connectivity index (χ1v) is 10.6. The van der Waals surface area contributed by atoms with Crippen molar-refractivity contribution in [2.45, 2.75) is 58.6 Å². The zero-order valence-corrected chi connectivity index (χ0v) is 18.0. The molecule has 158 valence electrons. The van der Waals surface area contributed by atoms with E-state index in [2.05, 4.69) is 4.98 Å². The Morgan fingerprint density at radius 2 is 2.14 bits per heavy atom. The van der Waals surface area contributed by atoms with Crippen molar-refractivity contribution in [1.29, 1.82) is 0 Å². The van der Waals surface area contributed by atoms with Crippen LogP contribution in [0.2, 0.25) is 0 Å². The molecule has 0 N–H and O–H groups in total. The fourth-order valence-corrected chi connectivity index (χ4v) is 5.05. The minimum Gasteiger partial charge on any atom is -0.466 e. The summed E-state index contributed by atoms with van der Waals surface area (Å²) >= 11 is 1.45. The highest BCUT2D eigenvalue weighted by Crippen LogP contribution is 2.41. The number of carbonyl (C=O) groups is 2. The molecule has 2 unspecified atom stereocenters. The summed E-state index contributed by atoms with van der Waals surface area (Å²) in [7, 11) is 1.52. The number of nitrogens with zero attached hydrogens (tertiary/aromatic N) is 2. The summed E-state index contributed by atoms with van der Waals surface area (Å²) < 4.78 is 16.8. The van der Waals surface area contributed by atoms with Crippen LogP contribution in [0.1, 0.15) is 48.9 Å². The van der Waals surface area contributed by atoms with Crippen LogP contribution in [-0.2, 0) is 36.8 Å². The molecule has 8 nitrogen and oxygen atoms in total. The van der Waals surface area contributed by atoms with Gasteiger partial charge in [0.2, 0.25) is 0 Å². The molecule has 2 aromatic rings. The van der Waals surface area contributed by atoms with Crippen LogP contribution < -0.4 is 5.56 Å². The summed E-state index contributed by atoms with van der Waals surface area (Å²) in [5, 5.41) is 0.422. The Balaban J connectivity index is 2.02. The number of hydrogen-bond acceptors (Lipinski definition) is 8. The van der Waals surface area contributed by atoms with Crippen LogP contribution in [0.15, 0.2) is 4.79 Å². The third-order valence-electron chi connectivity index (χ3n) is 4.95. The third kappa shape index (κ3) is 4.35. The maximum absolute atomic E-state index is 13.3. The van der Waals surface area contributed by atoms with Gasteiger partial charge in [-0.2, -0.15) is 0 Å². The molecular weight excluding hydrogens is 396 g/mol. The van der Waals surface area contributed by atoms with Gasteiger partial charge in [0.05, 0.1) is 24.5 Å². The number of rotatable bonds is 7. The van der Waals surface area contributed by atoms with Crippen molar-refractivity contribution in [3.63, 3.8) is 0 Å². The number of hydrogen-bond donors (Lipinski definition) is 0. The minimum atomic E-state index is -0.535. The molecule has 0 saturated carbocycles. The van der Waals surface area contributed by atoms with Gasteiger partial charge < -0.3 is 14.2 Å². The summed E-state index contributed by atoms with van der Waals surface area (Å²) in [6.07, 6.45) is 1.89. The van der Waals surface area contributed by atoms with E-state index in [1.165, 1.54) is 23.0 Å². The molecule has 29 heavy (non-hydrogen) atoms. The van der Waals surface area contributed by atoms with Crippen LogP contribution in [-0.4, -0.2) is 47.9 Å². The van der Waals surface area contributed by atoms with E-state index in [0.717, 1.165) is 23.3 Å². The summed E-state index contributed by atoms with van der Waals surface area (Å²) in [5.41, 5.74) is 0.402. The third-order valence-corrected chi connectivity index (χ3v) is 6.11. The van der Waals surface area contributed by atoms with Gasteiger partial charge in [0.15, 0.2) is 0 Å². The van der Waals surface area contributed by atoms with Crippen molar-refractivity contribution >= 4 is 33.5 Å². The van der Waals surface area contributed by atoms with Gasteiger partial charge in [-0.1, -0.05) is 0 Å². The summed E-state index contributed by atoms with van der Waals surface area (Å²) in [5.74, 6) is -0.878. The number of ether oxygens (including phenoxy) is 3. The van der Waals surface area contributed by atoms with Crippen molar-refractivity contribution in [1.82, 2.24) is 9.55 Å². The van der Waals surface area contributed by atoms with E-state index < -0.39 is 18.0 Å². The van der Waals surface area contributed by atoms with Gasteiger partial charge >= 0.3 is 11.9 Å². The average Bonchev–Trinajstić information content (AvgIpc) is 3.03. The Morgan fingerprint density at radius 3 is 2.83 bits per heavy atom. The van der Waals surface area contributed by atoms with Gasteiger partial charge in [-0.3, -0.25) is 19.0 Å². The van der Waals surface area contributed by atoms with E-state index >= 15 is 0 Å². The second kappa shape index (κ2) is 9.04. The molecule has 0 amide bonds. The fraction of sp³-hybridized carbons (Fsp3) is 0.600. The molecule has 2 atom stereocenters. The van der Waals surface area contributed by atoms with Crippen molar-refractivity contribution in [3.8, 4) is 0 Å². The lowest BCUT2D eigenvalue weighted by Gasteiger charge is -2.21. The fourth-order valence-electron chi connectivity index (χ4n) is 3.74. The van der Waals surface area contributed by atoms with E-state index in [9.17, 15) is 14.4 Å². The second-order valence-corrected chi connectivity index (χ2v) is 8.21. The molecule has 9 heteroatoms. The lowest BCUT2D eigenvalue weighted by molar-refractivity contribution is -0.151. The van der Waals surface area contributed by atoms with E-state index in [4.69, 9.17) is 14.2 Å². The highest BCUT2D eigenvalue weighted by molar-refractivity contribution is 7.18. The normalized spacial score (nSPS) is 17.0. The Kier molecular flexibility index (Phi) is 6.69. The Morgan fingerprint density at radius 1 is 1.38 bits per heavy atom. The lowest BCUT2D eigenvalue weighted by Crippen LogP contribution is -2.31. The van der Waals surface area contributed by atoms with Gasteiger partial charge in [0.25, 0.3) is 5.56 Å². The van der Waals surface area contributed by atoms with Gasteiger partial charge in [0.1, 0.15) is 23.3 Å². The van der Waals surface area contributed by atoms with Crippen LogP contribution in [0.4, 0.5) is 0 Å². The largest absolute Gasteiger partial charge is 0.466 e. The van der Waals surface area contributed by atoms with Crippen molar-refractivity contribution in [2.75, 3.05) is 20.3 Å². The van der Waals surface area contributed by atoms with Gasteiger partial charge in [0, 0.05) is 12.0 Å². The quantitative estimate of drug-likeness (QED) is 0.632. The number of fused-ring (bicyclic) bond motifs is 3. The second-order valence-electron chi connectivity index (χ2n) is 7.12. The number of thiophene rings is 1. The molecule has 0 saturated heterocycles. The Hall–Kier alpha value is -2.26. The first-order chi connectivity index (χ1) is 13.9. The maximum atomic E-state index is 13.3. The molecular formula is C20H26N2O6S. The van der Waals surface area contributed by atoms with Crippen molar-refractivity contribution in [3.05, 3.63) is 26.6 Å². The molecule has 1 aliphatic carbocycles. The maximum Gasteiger partial charge on any atom is 0.326 e. The zero-order valence-electron chi connectivity index (χ0n) is 17.1. The summed E-state index contributed by atoms with van der Waals surface area (Å²) in [6, 6.07) is 0. The SMILES string of the molecule is CCOC(=O)C1CCCc2sc3nc(C)n(CC(=O)OC(C)COC)c(=O)c3c21. The van der Waals surface area contributed by atoms with E-state index in [0.29, 0.717) is 29.1 Å². The van der Waals surface area contributed by atoms with Gasteiger partial charge in [-0.05, 0) is 45.6 Å². The van der Waals surface area contributed by atoms with Gasteiger partial charge in [-0.15, -0.1) is 11.3 Å². The highest BCUT2D eigenvalue weighted by Gasteiger charge is 2.33. The van der Waals surface area contributed by atoms with Crippen molar-refractivity contribution < 1.29 is 23.8 Å². The molecule has 2 aromatic heterocycles. The van der Waals surface area contributed by atoms with Crippen LogP contribution >= 0.6 is 11.3 Å². The number of esters is 2. The van der Waals surface area contributed by atoms with Crippen molar-refractivity contribution in [2.24, 2.45) is 0 Å². The van der Waals surface area contributed by atoms with Crippen LogP contribution in [0, 0.1) is 6.92 Å². The van der Waals surface area contributed by atoms with E-state index in [1.807, 2.05) is 0 Å². The highest BCUT2D eigenvalue weighted by atomic mass is 32.1. The molecule has 0 radical (unpaired) electrons. The Labute approximate surface area is 172 Å². The average molecular weight is 423 g/mol. The molecule has 0 fully saturated rings. The molecule has 0 spiro atoms. The molecule has 0 aromatic carbocycles. The Bertz CT molecular complexity index is 979. The van der Waals surface area contributed by atoms with Crippen LogP contribution in [0.25, 0.3) is 10.2 Å². The molecule has 0 aliphatic heterocycles. The predicted molar refractivity (Wildman–Crippen MR) is 108 cm³/mol. The lowest BCUT2D eigenvalue weighted by atomic mass is 9.86. The molecule has 3 rings (SSSR count). The topological polar surface area (TPSA) is 96.7 Å². The van der Waals surface area contributed by atoms with E-state index in [-0.39, 0.29) is 24.7 Å². The minimum absolute atomic E-state index is 0.240. The molecule has 0 bridgehead atoms. The van der Waals surface area contributed by atoms with Gasteiger partial charge in [-0.25, -0.2) is 4.98 Å². The molecule has 2 heterocycles. The van der Waals surface area contributed by atoms with E-state index in [1.54, 1.807) is 20.8 Å². The van der Waals surface area contributed by atoms with Crippen LogP contribution in [0.5, 0.6) is 0 Å². The first kappa shape index (κ1) is 21.4. The summed E-state index contributed by atoms with van der Waals surface area (Å²) in [6.45, 7) is 5.50. The van der Waals surface area contributed by atoms with Crippen LogP contribution in [0.3, 0.4) is 0 Å². The monoisotopic (exact) mass is 422 g/mol. The number of carbonyl (C=O) groups excluding carboxylic acids is 2. The zero-order chi connectivity index (χ0) is 21.1. The first-order valence-electron chi connectivity index (χ1n) is 9.75. The number of aryl methyl sites for hydroxylation is 2. The standard InChI is InChI=1S/C20H26N2O6S/c1-5-27-20(25)13-7-6-8-14-16(13)17-18(29-14)21-12(3)22(19(17)24)9-15(23)28-11(2)10-26-4/h11,13H,5-10H2,1-4H3. The molecule has 1 aliphatic rings.